The van der Waals surface area contributed by atoms with E-state index in [0.717, 1.165) is 12.1 Å². The molecule has 2 bridgehead atoms. The summed E-state index contributed by atoms with van der Waals surface area (Å²) in [5.41, 5.74) is 0.972. The molecule has 1 saturated heterocycles. The normalized spacial score (nSPS) is 21.6. The highest BCUT2D eigenvalue weighted by molar-refractivity contribution is 6.02. The molecule has 7 nitrogen and oxygen atoms in total. The van der Waals surface area contributed by atoms with Gasteiger partial charge in [0.2, 0.25) is 5.91 Å². The van der Waals surface area contributed by atoms with Crippen molar-refractivity contribution in [3.05, 3.63) is 52.3 Å². The molecule has 1 N–H and O–H groups in total. The van der Waals surface area contributed by atoms with Crippen molar-refractivity contribution in [1.82, 2.24) is 9.47 Å². The first kappa shape index (κ1) is 15.7. The number of anilines is 1. The van der Waals surface area contributed by atoms with Gasteiger partial charge in [-0.15, -0.1) is 0 Å². The fourth-order valence-corrected chi connectivity index (χ4v) is 3.89. The average molecular weight is 341 g/mol. The Morgan fingerprint density at radius 3 is 2.76 bits per heavy atom. The van der Waals surface area contributed by atoms with Gasteiger partial charge in [-0.3, -0.25) is 14.4 Å². The maximum Gasteiger partial charge on any atom is 0.291 e. The fourth-order valence-electron chi connectivity index (χ4n) is 3.89. The third kappa shape index (κ3) is 2.75. The number of nitrogens with zero attached hydrogens (tertiary/aromatic N) is 2. The first-order valence-electron chi connectivity index (χ1n) is 8.37. The SMILES string of the molecule is CC(=O)N1CC2CC(C1)c1ccc(NC(=O)c3ccco3)c(=O)n1C2. The minimum atomic E-state index is -0.443. The molecule has 0 radical (unpaired) electrons. The quantitative estimate of drug-likeness (QED) is 0.900. The highest BCUT2D eigenvalue weighted by Crippen LogP contribution is 2.35. The molecule has 4 rings (SSSR count). The van der Waals surface area contributed by atoms with Crippen LogP contribution in [-0.4, -0.2) is 34.4 Å². The van der Waals surface area contributed by atoms with Crippen LogP contribution in [0.4, 0.5) is 5.69 Å². The van der Waals surface area contributed by atoms with Gasteiger partial charge in [-0.25, -0.2) is 0 Å². The summed E-state index contributed by atoms with van der Waals surface area (Å²) >= 11 is 0. The van der Waals surface area contributed by atoms with Gasteiger partial charge in [-0.2, -0.15) is 0 Å². The van der Waals surface area contributed by atoms with Gasteiger partial charge in [-0.1, -0.05) is 0 Å². The molecule has 2 aromatic heterocycles. The average Bonchev–Trinajstić information content (AvgIpc) is 3.12. The molecule has 25 heavy (non-hydrogen) atoms. The van der Waals surface area contributed by atoms with E-state index in [2.05, 4.69) is 5.32 Å². The van der Waals surface area contributed by atoms with Gasteiger partial charge in [0.15, 0.2) is 5.76 Å². The van der Waals surface area contributed by atoms with Crippen molar-refractivity contribution in [3.8, 4) is 0 Å². The summed E-state index contributed by atoms with van der Waals surface area (Å²) in [5, 5.41) is 2.62. The lowest BCUT2D eigenvalue weighted by Crippen LogP contribution is -2.48. The van der Waals surface area contributed by atoms with Crippen LogP contribution in [0.5, 0.6) is 0 Å². The van der Waals surface area contributed by atoms with Crippen molar-refractivity contribution >= 4 is 17.5 Å². The molecule has 4 heterocycles. The molecular weight excluding hydrogens is 322 g/mol. The molecule has 0 spiro atoms. The zero-order valence-electron chi connectivity index (χ0n) is 13.9. The number of carbonyl (C=O) groups excluding carboxylic acids is 2. The molecule has 2 aromatic rings. The summed E-state index contributed by atoms with van der Waals surface area (Å²) in [4.78, 5) is 38.5. The van der Waals surface area contributed by atoms with E-state index in [-0.39, 0.29) is 34.7 Å². The Labute approximate surface area is 144 Å². The highest BCUT2D eigenvalue weighted by Gasteiger charge is 2.35. The second kappa shape index (κ2) is 5.91. The smallest absolute Gasteiger partial charge is 0.291 e. The van der Waals surface area contributed by atoms with Crippen molar-refractivity contribution < 1.29 is 14.0 Å². The van der Waals surface area contributed by atoms with Gasteiger partial charge < -0.3 is 19.2 Å². The van der Waals surface area contributed by atoms with E-state index in [9.17, 15) is 14.4 Å². The van der Waals surface area contributed by atoms with Gasteiger partial charge in [0.25, 0.3) is 11.5 Å². The van der Waals surface area contributed by atoms with E-state index < -0.39 is 5.91 Å². The van der Waals surface area contributed by atoms with Crippen LogP contribution in [0.1, 0.15) is 35.5 Å². The summed E-state index contributed by atoms with van der Waals surface area (Å²) in [6.07, 6.45) is 2.40. The summed E-state index contributed by atoms with van der Waals surface area (Å²) in [6.45, 7) is 3.48. The Balaban J connectivity index is 1.63. The van der Waals surface area contributed by atoms with Crippen molar-refractivity contribution in [2.24, 2.45) is 5.92 Å². The number of rotatable bonds is 2. The van der Waals surface area contributed by atoms with E-state index in [4.69, 9.17) is 4.42 Å². The third-order valence-electron chi connectivity index (χ3n) is 5.04. The topological polar surface area (TPSA) is 84.6 Å². The Kier molecular flexibility index (Phi) is 3.71. The maximum atomic E-state index is 12.8. The molecule has 7 heteroatoms. The van der Waals surface area contributed by atoms with Crippen LogP contribution in [0, 0.1) is 5.92 Å². The van der Waals surface area contributed by atoms with Gasteiger partial charge in [0, 0.05) is 38.2 Å². The number of hydrogen-bond acceptors (Lipinski definition) is 4. The van der Waals surface area contributed by atoms with Crippen LogP contribution in [-0.2, 0) is 11.3 Å². The van der Waals surface area contributed by atoms with E-state index in [1.54, 1.807) is 29.7 Å². The number of carbonyl (C=O) groups is 2. The van der Waals surface area contributed by atoms with Crippen molar-refractivity contribution in [3.63, 3.8) is 0 Å². The number of hydrogen-bond donors (Lipinski definition) is 1. The number of likely N-dealkylation sites (tertiary alicyclic amines) is 1. The number of fused-ring (bicyclic) bond motifs is 4. The predicted octanol–water partition coefficient (Wildman–Crippen LogP) is 1.66. The molecule has 2 amide bonds. The van der Waals surface area contributed by atoms with Crippen LogP contribution < -0.4 is 10.9 Å². The fraction of sp³-hybridized carbons (Fsp3) is 0.389. The van der Waals surface area contributed by atoms with E-state index in [1.165, 1.54) is 6.26 Å². The molecule has 0 saturated carbocycles. The summed E-state index contributed by atoms with van der Waals surface area (Å²) in [7, 11) is 0. The van der Waals surface area contributed by atoms with Crippen molar-refractivity contribution in [1.29, 1.82) is 0 Å². The lowest BCUT2D eigenvalue weighted by molar-refractivity contribution is -0.131. The third-order valence-corrected chi connectivity index (χ3v) is 5.04. The summed E-state index contributed by atoms with van der Waals surface area (Å²) in [5.74, 6) is 0.230. The Bertz CT molecular complexity index is 884. The second-order valence-corrected chi connectivity index (χ2v) is 6.74. The molecule has 0 aliphatic carbocycles. The van der Waals surface area contributed by atoms with Gasteiger partial charge >= 0.3 is 0 Å². The highest BCUT2D eigenvalue weighted by atomic mass is 16.3. The first-order chi connectivity index (χ1) is 12.0. The number of furan rings is 1. The number of pyridine rings is 1. The zero-order valence-corrected chi connectivity index (χ0v) is 13.9. The van der Waals surface area contributed by atoms with Gasteiger partial charge in [0.1, 0.15) is 5.69 Å². The maximum absolute atomic E-state index is 12.8. The molecule has 130 valence electrons. The van der Waals surface area contributed by atoms with Crippen LogP contribution in [0.15, 0.2) is 39.7 Å². The lowest BCUT2D eigenvalue weighted by Gasteiger charge is -2.42. The van der Waals surface area contributed by atoms with Gasteiger partial charge in [-0.05, 0) is 36.6 Å². The number of aromatic nitrogens is 1. The number of nitrogens with one attached hydrogen (secondary N) is 1. The molecule has 2 unspecified atom stereocenters. The van der Waals surface area contributed by atoms with Gasteiger partial charge in [0.05, 0.1) is 6.26 Å². The monoisotopic (exact) mass is 341 g/mol. The van der Waals surface area contributed by atoms with Crippen LogP contribution in [0.3, 0.4) is 0 Å². The standard InChI is InChI=1S/C18H19N3O4/c1-11(22)20-8-12-7-13(10-20)15-5-4-14(18(24)21(15)9-12)19-17(23)16-3-2-6-25-16/h2-6,12-13H,7-10H2,1H3,(H,19,23). The number of piperidine rings is 1. The largest absolute Gasteiger partial charge is 0.459 e. The molecule has 1 fully saturated rings. The van der Waals surface area contributed by atoms with Crippen molar-refractivity contribution in [2.75, 3.05) is 18.4 Å². The van der Waals surface area contributed by atoms with Crippen molar-refractivity contribution in [2.45, 2.75) is 25.8 Å². The molecule has 2 aliphatic heterocycles. The van der Waals surface area contributed by atoms with E-state index in [0.29, 0.717) is 19.6 Å². The predicted molar refractivity (Wildman–Crippen MR) is 90.5 cm³/mol. The Hall–Kier alpha value is -2.83. The molecular formula is C18H19N3O4. The number of amides is 2. The minimum absolute atomic E-state index is 0.0767. The van der Waals surface area contributed by atoms with Crippen LogP contribution >= 0.6 is 0 Å². The second-order valence-electron chi connectivity index (χ2n) is 6.74. The van der Waals surface area contributed by atoms with Crippen LogP contribution in [0.25, 0.3) is 0 Å². The van der Waals surface area contributed by atoms with E-state index in [1.807, 2.05) is 11.0 Å². The minimum Gasteiger partial charge on any atom is -0.459 e. The summed E-state index contributed by atoms with van der Waals surface area (Å²) < 4.78 is 6.80. The lowest BCUT2D eigenvalue weighted by atomic mass is 9.83. The molecule has 2 atom stereocenters. The zero-order chi connectivity index (χ0) is 17.6. The Morgan fingerprint density at radius 1 is 1.20 bits per heavy atom. The molecule has 0 aromatic carbocycles. The first-order valence-corrected chi connectivity index (χ1v) is 8.37. The molecule has 2 aliphatic rings. The van der Waals surface area contributed by atoms with E-state index >= 15 is 0 Å². The van der Waals surface area contributed by atoms with Crippen LogP contribution in [0.2, 0.25) is 0 Å². The Morgan fingerprint density at radius 2 is 2.04 bits per heavy atom. The summed E-state index contributed by atoms with van der Waals surface area (Å²) in [6, 6.07) is 6.69.